The summed E-state index contributed by atoms with van der Waals surface area (Å²) in [6.07, 6.45) is 3.72. The Hall–Kier alpha value is -0.530. The van der Waals surface area contributed by atoms with Crippen molar-refractivity contribution in [2.75, 3.05) is 0 Å². The molecular weight excluding hydrogens is 150 g/mol. The number of carbonyl (C=O) groups excluding carboxylic acids is 1. The van der Waals surface area contributed by atoms with Gasteiger partial charge in [0.15, 0.2) is 0 Å². The lowest BCUT2D eigenvalue weighted by molar-refractivity contribution is -0.122. The molecule has 72 valence electrons. The number of nitrogens with one attached hydrogen (secondary N) is 1. The highest BCUT2D eigenvalue weighted by atomic mass is 16.1. The van der Waals surface area contributed by atoms with Crippen LogP contribution in [0.15, 0.2) is 0 Å². The quantitative estimate of drug-likeness (QED) is 0.676. The first kappa shape index (κ1) is 11.5. The van der Waals surface area contributed by atoms with E-state index in [1.165, 1.54) is 0 Å². The molecule has 0 aliphatic rings. The molecule has 12 heavy (non-hydrogen) atoms. The Balaban J connectivity index is 3.68. The molecule has 0 bridgehead atoms. The minimum Gasteiger partial charge on any atom is -0.351 e. The van der Waals surface area contributed by atoms with Gasteiger partial charge in [-0.3, -0.25) is 4.79 Å². The third kappa shape index (κ3) is 5.16. The van der Waals surface area contributed by atoms with Gasteiger partial charge in [-0.05, 0) is 26.7 Å². The first-order valence-corrected chi connectivity index (χ1v) is 4.83. The van der Waals surface area contributed by atoms with Crippen molar-refractivity contribution in [1.29, 1.82) is 0 Å². The Morgan fingerprint density at radius 3 is 2.33 bits per heavy atom. The van der Waals surface area contributed by atoms with Gasteiger partial charge in [0.2, 0.25) is 5.91 Å². The Morgan fingerprint density at radius 2 is 1.92 bits per heavy atom. The Kier molecular flexibility index (Phi) is 4.95. The lowest BCUT2D eigenvalue weighted by Gasteiger charge is -2.24. The fraction of sp³-hybridized carbons (Fsp3) is 0.900. The molecule has 0 atom stereocenters. The van der Waals surface area contributed by atoms with Gasteiger partial charge in [-0.15, -0.1) is 0 Å². The molecule has 0 aromatic heterocycles. The summed E-state index contributed by atoms with van der Waals surface area (Å²) in [6, 6.07) is 0. The van der Waals surface area contributed by atoms with Crippen molar-refractivity contribution < 1.29 is 4.79 Å². The summed E-state index contributed by atoms with van der Waals surface area (Å²) >= 11 is 0. The molecule has 0 radical (unpaired) electrons. The maximum absolute atomic E-state index is 11.3. The average molecular weight is 171 g/mol. The van der Waals surface area contributed by atoms with Gasteiger partial charge >= 0.3 is 0 Å². The third-order valence-electron chi connectivity index (χ3n) is 2.12. The number of carbonyl (C=O) groups is 1. The molecule has 0 aromatic carbocycles. The van der Waals surface area contributed by atoms with E-state index in [9.17, 15) is 4.79 Å². The van der Waals surface area contributed by atoms with Crippen LogP contribution in [-0.2, 0) is 4.79 Å². The van der Waals surface area contributed by atoms with E-state index >= 15 is 0 Å². The van der Waals surface area contributed by atoms with E-state index in [0.29, 0.717) is 6.42 Å². The van der Waals surface area contributed by atoms with E-state index in [1.807, 2.05) is 0 Å². The van der Waals surface area contributed by atoms with Crippen LogP contribution >= 0.6 is 0 Å². The van der Waals surface area contributed by atoms with Gasteiger partial charge < -0.3 is 5.32 Å². The topological polar surface area (TPSA) is 29.1 Å². The lowest BCUT2D eigenvalue weighted by Crippen LogP contribution is -2.42. The van der Waals surface area contributed by atoms with Gasteiger partial charge in [0.1, 0.15) is 0 Å². The second kappa shape index (κ2) is 5.18. The van der Waals surface area contributed by atoms with Gasteiger partial charge in [0.05, 0.1) is 0 Å². The molecule has 1 amide bonds. The Labute approximate surface area is 75.7 Å². The second-order valence-electron chi connectivity index (χ2n) is 3.89. The molecule has 0 aliphatic carbocycles. The molecule has 0 heterocycles. The van der Waals surface area contributed by atoms with Crippen LogP contribution in [0.25, 0.3) is 0 Å². The van der Waals surface area contributed by atoms with Crippen molar-refractivity contribution in [2.24, 2.45) is 0 Å². The lowest BCUT2D eigenvalue weighted by atomic mass is 10.0. The van der Waals surface area contributed by atoms with Crippen molar-refractivity contribution in [2.45, 2.75) is 58.9 Å². The zero-order chi connectivity index (χ0) is 9.61. The van der Waals surface area contributed by atoms with Crippen LogP contribution in [0.3, 0.4) is 0 Å². The minimum absolute atomic E-state index is 0.0369. The van der Waals surface area contributed by atoms with E-state index in [4.69, 9.17) is 0 Å². The maximum atomic E-state index is 11.3. The van der Waals surface area contributed by atoms with Crippen LogP contribution in [0.4, 0.5) is 0 Å². The average Bonchev–Trinajstić information content (AvgIpc) is 2.00. The van der Waals surface area contributed by atoms with Crippen LogP contribution in [0, 0.1) is 0 Å². The smallest absolute Gasteiger partial charge is 0.220 e. The number of rotatable bonds is 5. The van der Waals surface area contributed by atoms with Gasteiger partial charge in [0, 0.05) is 12.0 Å². The van der Waals surface area contributed by atoms with E-state index in [-0.39, 0.29) is 11.4 Å². The summed E-state index contributed by atoms with van der Waals surface area (Å²) in [5.74, 6) is 0.184. The molecule has 1 N–H and O–H groups in total. The molecular formula is C10H21NO. The van der Waals surface area contributed by atoms with Crippen molar-refractivity contribution in [3.05, 3.63) is 0 Å². The molecule has 0 spiro atoms. The van der Waals surface area contributed by atoms with Crippen LogP contribution in [0.2, 0.25) is 0 Å². The summed E-state index contributed by atoms with van der Waals surface area (Å²) in [4.78, 5) is 11.3. The van der Waals surface area contributed by atoms with E-state index in [1.54, 1.807) is 0 Å². The first-order chi connectivity index (χ1) is 5.52. The van der Waals surface area contributed by atoms with Crippen molar-refractivity contribution in [3.8, 4) is 0 Å². The van der Waals surface area contributed by atoms with Crippen LogP contribution in [-0.4, -0.2) is 11.4 Å². The molecule has 2 heteroatoms. The third-order valence-corrected chi connectivity index (χ3v) is 2.12. The summed E-state index contributed by atoms with van der Waals surface area (Å²) in [6.45, 7) is 8.28. The summed E-state index contributed by atoms with van der Waals surface area (Å²) < 4.78 is 0. The van der Waals surface area contributed by atoms with Crippen molar-refractivity contribution >= 4 is 5.91 Å². The molecule has 0 aromatic rings. The molecule has 0 rings (SSSR count). The van der Waals surface area contributed by atoms with E-state index < -0.39 is 0 Å². The highest BCUT2D eigenvalue weighted by Gasteiger charge is 2.16. The van der Waals surface area contributed by atoms with Crippen molar-refractivity contribution in [1.82, 2.24) is 5.32 Å². The predicted octanol–water partition coefficient (Wildman–Crippen LogP) is 2.48. The largest absolute Gasteiger partial charge is 0.351 e. The van der Waals surface area contributed by atoms with Crippen LogP contribution in [0.5, 0.6) is 0 Å². The molecule has 0 saturated heterocycles. The number of unbranched alkanes of at least 4 members (excludes halogenated alkanes) is 1. The number of hydrogen-bond donors (Lipinski definition) is 1. The predicted molar refractivity (Wildman–Crippen MR) is 52.0 cm³/mol. The second-order valence-corrected chi connectivity index (χ2v) is 3.89. The number of hydrogen-bond acceptors (Lipinski definition) is 1. The van der Waals surface area contributed by atoms with Gasteiger partial charge in [-0.1, -0.05) is 20.3 Å². The molecule has 0 unspecified atom stereocenters. The summed E-state index contributed by atoms with van der Waals surface area (Å²) in [5, 5.41) is 3.00. The van der Waals surface area contributed by atoms with E-state index in [2.05, 4.69) is 33.0 Å². The highest BCUT2D eigenvalue weighted by molar-refractivity contribution is 5.76. The maximum Gasteiger partial charge on any atom is 0.220 e. The normalized spacial score (nSPS) is 11.3. The fourth-order valence-corrected chi connectivity index (χ4v) is 0.866. The van der Waals surface area contributed by atoms with Gasteiger partial charge in [-0.2, -0.15) is 0 Å². The van der Waals surface area contributed by atoms with E-state index in [0.717, 1.165) is 19.3 Å². The van der Waals surface area contributed by atoms with Crippen LogP contribution in [0.1, 0.15) is 53.4 Å². The molecule has 0 fully saturated rings. The summed E-state index contributed by atoms with van der Waals surface area (Å²) in [5.41, 5.74) is -0.0369. The van der Waals surface area contributed by atoms with Crippen LogP contribution < -0.4 is 5.32 Å². The standard InChI is InChI=1S/C10H21NO/c1-5-7-8-9(12)11-10(3,4)6-2/h5-8H2,1-4H3,(H,11,12). The van der Waals surface area contributed by atoms with Crippen molar-refractivity contribution in [3.63, 3.8) is 0 Å². The number of amides is 1. The zero-order valence-electron chi connectivity index (χ0n) is 8.74. The zero-order valence-corrected chi connectivity index (χ0v) is 8.74. The fourth-order valence-electron chi connectivity index (χ4n) is 0.866. The highest BCUT2D eigenvalue weighted by Crippen LogP contribution is 2.07. The molecule has 2 nitrogen and oxygen atoms in total. The molecule has 0 aliphatic heterocycles. The SMILES string of the molecule is CCCCC(=O)NC(C)(C)CC. The summed E-state index contributed by atoms with van der Waals surface area (Å²) in [7, 11) is 0. The van der Waals surface area contributed by atoms with Gasteiger partial charge in [-0.25, -0.2) is 0 Å². The first-order valence-electron chi connectivity index (χ1n) is 4.83. The van der Waals surface area contributed by atoms with Gasteiger partial charge in [0.25, 0.3) is 0 Å². The Bertz CT molecular complexity index is 141. The molecule has 0 saturated carbocycles. The monoisotopic (exact) mass is 171 g/mol. The Morgan fingerprint density at radius 1 is 1.33 bits per heavy atom. The minimum atomic E-state index is -0.0369.